The first kappa shape index (κ1) is 19.3. The number of carbonyl (C=O) groups excluding carboxylic acids is 1. The van der Waals surface area contributed by atoms with E-state index in [0.717, 1.165) is 17.9 Å². The van der Waals surface area contributed by atoms with Gasteiger partial charge in [0.25, 0.3) is 5.91 Å². The third-order valence-electron chi connectivity index (χ3n) is 3.80. The fourth-order valence-corrected chi connectivity index (χ4v) is 2.55. The van der Waals surface area contributed by atoms with Gasteiger partial charge in [-0.2, -0.15) is 0 Å². The van der Waals surface area contributed by atoms with Crippen molar-refractivity contribution in [1.82, 2.24) is 9.80 Å². The SMILES string of the molecule is CCOc1ccc(C(=O)N(CCN(C)C)Cc2ccc(Cl)cc2)cc1. The van der Waals surface area contributed by atoms with Crippen molar-refractivity contribution < 1.29 is 9.53 Å². The predicted molar refractivity (Wildman–Crippen MR) is 102 cm³/mol. The van der Waals surface area contributed by atoms with Gasteiger partial charge in [0.1, 0.15) is 5.75 Å². The summed E-state index contributed by atoms with van der Waals surface area (Å²) in [5, 5.41) is 0.696. The molecule has 5 heteroatoms. The standard InChI is InChI=1S/C20H25ClN2O2/c1-4-25-19-11-7-17(8-12-19)20(24)23(14-13-22(2)3)15-16-5-9-18(21)10-6-16/h5-12H,4,13-15H2,1-3H3. The Labute approximate surface area is 155 Å². The van der Waals surface area contributed by atoms with Crippen LogP contribution < -0.4 is 4.74 Å². The molecule has 0 aliphatic heterocycles. The number of carbonyl (C=O) groups is 1. The molecule has 0 spiro atoms. The lowest BCUT2D eigenvalue weighted by molar-refractivity contribution is 0.0732. The Hall–Kier alpha value is -2.04. The van der Waals surface area contributed by atoms with Gasteiger partial charge in [-0.05, 0) is 63.0 Å². The van der Waals surface area contributed by atoms with E-state index in [1.807, 2.05) is 74.4 Å². The largest absolute Gasteiger partial charge is 0.494 e. The summed E-state index contributed by atoms with van der Waals surface area (Å²) in [6, 6.07) is 14.9. The van der Waals surface area contributed by atoms with Crippen LogP contribution in [-0.2, 0) is 6.54 Å². The first-order chi connectivity index (χ1) is 12.0. The van der Waals surface area contributed by atoms with Crippen molar-refractivity contribution in [3.05, 3.63) is 64.7 Å². The van der Waals surface area contributed by atoms with Crippen LogP contribution in [0.5, 0.6) is 5.75 Å². The Bertz CT molecular complexity index is 669. The van der Waals surface area contributed by atoms with Crippen molar-refractivity contribution in [2.75, 3.05) is 33.8 Å². The van der Waals surface area contributed by atoms with Crippen LogP contribution in [0.25, 0.3) is 0 Å². The molecule has 0 heterocycles. The number of rotatable bonds is 8. The molecule has 2 aromatic carbocycles. The molecule has 0 fully saturated rings. The molecule has 0 saturated heterocycles. The quantitative estimate of drug-likeness (QED) is 0.714. The van der Waals surface area contributed by atoms with Crippen LogP contribution in [0.4, 0.5) is 0 Å². The van der Waals surface area contributed by atoms with E-state index in [0.29, 0.717) is 30.3 Å². The lowest BCUT2D eigenvalue weighted by Crippen LogP contribution is -2.36. The first-order valence-corrected chi connectivity index (χ1v) is 8.78. The van der Waals surface area contributed by atoms with Gasteiger partial charge in [0.15, 0.2) is 0 Å². The Morgan fingerprint density at radius 1 is 1.00 bits per heavy atom. The van der Waals surface area contributed by atoms with Gasteiger partial charge in [-0.1, -0.05) is 23.7 Å². The minimum atomic E-state index is 0.0137. The van der Waals surface area contributed by atoms with E-state index < -0.39 is 0 Å². The molecule has 2 rings (SSSR count). The molecule has 0 saturated carbocycles. The number of hydrogen-bond acceptors (Lipinski definition) is 3. The van der Waals surface area contributed by atoms with Gasteiger partial charge in [0, 0.05) is 30.2 Å². The van der Waals surface area contributed by atoms with Gasteiger partial charge in [0.2, 0.25) is 0 Å². The maximum atomic E-state index is 12.9. The summed E-state index contributed by atoms with van der Waals surface area (Å²) in [6.45, 7) is 4.56. The number of amides is 1. The van der Waals surface area contributed by atoms with Crippen molar-refractivity contribution in [2.24, 2.45) is 0 Å². The third kappa shape index (κ3) is 6.07. The molecule has 25 heavy (non-hydrogen) atoms. The Morgan fingerprint density at radius 2 is 1.64 bits per heavy atom. The van der Waals surface area contributed by atoms with Gasteiger partial charge < -0.3 is 14.5 Å². The summed E-state index contributed by atoms with van der Waals surface area (Å²) >= 11 is 5.95. The lowest BCUT2D eigenvalue weighted by Gasteiger charge is -2.25. The summed E-state index contributed by atoms with van der Waals surface area (Å²) in [5.41, 5.74) is 1.72. The number of likely N-dealkylation sites (N-methyl/N-ethyl adjacent to an activating group) is 1. The van der Waals surface area contributed by atoms with E-state index in [1.54, 1.807) is 0 Å². The molecule has 4 nitrogen and oxygen atoms in total. The highest BCUT2D eigenvalue weighted by molar-refractivity contribution is 6.30. The second-order valence-electron chi connectivity index (χ2n) is 6.11. The highest BCUT2D eigenvalue weighted by atomic mass is 35.5. The van der Waals surface area contributed by atoms with Gasteiger partial charge in [-0.3, -0.25) is 4.79 Å². The van der Waals surface area contributed by atoms with E-state index in [4.69, 9.17) is 16.3 Å². The van der Waals surface area contributed by atoms with Crippen molar-refractivity contribution in [1.29, 1.82) is 0 Å². The molecule has 134 valence electrons. The van der Waals surface area contributed by atoms with E-state index in [2.05, 4.69) is 4.90 Å². The molecule has 1 amide bonds. The molecular weight excluding hydrogens is 336 g/mol. The third-order valence-corrected chi connectivity index (χ3v) is 4.06. The topological polar surface area (TPSA) is 32.8 Å². The number of ether oxygens (including phenoxy) is 1. The summed E-state index contributed by atoms with van der Waals surface area (Å²) in [5.74, 6) is 0.788. The van der Waals surface area contributed by atoms with Gasteiger partial charge >= 0.3 is 0 Å². The number of nitrogens with zero attached hydrogens (tertiary/aromatic N) is 2. The van der Waals surface area contributed by atoms with Crippen molar-refractivity contribution >= 4 is 17.5 Å². The molecule has 0 aliphatic rings. The molecule has 0 atom stereocenters. The van der Waals surface area contributed by atoms with Crippen LogP contribution in [0.15, 0.2) is 48.5 Å². The highest BCUT2D eigenvalue weighted by Crippen LogP contribution is 2.16. The highest BCUT2D eigenvalue weighted by Gasteiger charge is 2.16. The van der Waals surface area contributed by atoms with Crippen molar-refractivity contribution in [3.63, 3.8) is 0 Å². The fourth-order valence-electron chi connectivity index (χ4n) is 2.43. The van der Waals surface area contributed by atoms with E-state index in [1.165, 1.54) is 0 Å². The number of benzene rings is 2. The van der Waals surface area contributed by atoms with Crippen molar-refractivity contribution in [2.45, 2.75) is 13.5 Å². The lowest BCUT2D eigenvalue weighted by atomic mass is 10.1. The fraction of sp³-hybridized carbons (Fsp3) is 0.350. The van der Waals surface area contributed by atoms with Crippen LogP contribution in [0.1, 0.15) is 22.8 Å². The zero-order valence-corrected chi connectivity index (χ0v) is 15.8. The van der Waals surface area contributed by atoms with Gasteiger partial charge in [0.05, 0.1) is 6.61 Å². The molecule has 0 radical (unpaired) electrons. The predicted octanol–water partition coefficient (Wildman–Crippen LogP) is 3.94. The molecule has 2 aromatic rings. The maximum absolute atomic E-state index is 12.9. The monoisotopic (exact) mass is 360 g/mol. The van der Waals surface area contributed by atoms with E-state index >= 15 is 0 Å². The van der Waals surface area contributed by atoms with Crippen LogP contribution in [0, 0.1) is 0 Å². The maximum Gasteiger partial charge on any atom is 0.254 e. The molecule has 0 N–H and O–H groups in total. The van der Waals surface area contributed by atoms with E-state index in [-0.39, 0.29) is 5.91 Å². The Kier molecular flexibility index (Phi) is 7.29. The Balaban J connectivity index is 2.14. The average Bonchev–Trinajstić information content (AvgIpc) is 2.60. The van der Waals surface area contributed by atoms with Crippen LogP contribution in [-0.4, -0.2) is 49.5 Å². The second kappa shape index (κ2) is 9.44. The Morgan fingerprint density at radius 3 is 2.20 bits per heavy atom. The number of hydrogen-bond donors (Lipinski definition) is 0. The summed E-state index contributed by atoms with van der Waals surface area (Å²) in [6.07, 6.45) is 0. The molecule has 0 bridgehead atoms. The van der Waals surface area contributed by atoms with Crippen molar-refractivity contribution in [3.8, 4) is 5.75 Å². The normalized spacial score (nSPS) is 10.8. The van der Waals surface area contributed by atoms with Crippen LogP contribution >= 0.6 is 11.6 Å². The van der Waals surface area contributed by atoms with Gasteiger partial charge in [-0.25, -0.2) is 0 Å². The number of halogens is 1. The van der Waals surface area contributed by atoms with Crippen LogP contribution in [0.2, 0.25) is 5.02 Å². The smallest absolute Gasteiger partial charge is 0.254 e. The summed E-state index contributed by atoms with van der Waals surface area (Å²) in [4.78, 5) is 16.9. The molecule has 0 aliphatic carbocycles. The summed E-state index contributed by atoms with van der Waals surface area (Å²) < 4.78 is 5.44. The zero-order chi connectivity index (χ0) is 18.2. The second-order valence-corrected chi connectivity index (χ2v) is 6.55. The minimum absolute atomic E-state index is 0.0137. The molecular formula is C20H25ClN2O2. The van der Waals surface area contributed by atoms with Gasteiger partial charge in [-0.15, -0.1) is 0 Å². The average molecular weight is 361 g/mol. The molecule has 0 aromatic heterocycles. The molecule has 0 unspecified atom stereocenters. The minimum Gasteiger partial charge on any atom is -0.494 e. The first-order valence-electron chi connectivity index (χ1n) is 8.41. The van der Waals surface area contributed by atoms with Crippen LogP contribution in [0.3, 0.4) is 0 Å². The summed E-state index contributed by atoms with van der Waals surface area (Å²) in [7, 11) is 4.00. The zero-order valence-electron chi connectivity index (χ0n) is 15.0. The van der Waals surface area contributed by atoms with E-state index in [9.17, 15) is 4.79 Å².